The molecule has 1 heterocycles. The van der Waals surface area contributed by atoms with Gasteiger partial charge < -0.3 is 4.74 Å². The third kappa shape index (κ3) is 2.72. The Bertz CT molecular complexity index is 1080. The Labute approximate surface area is 170 Å². The molecule has 2 aromatic rings. The number of hydrogen-bond acceptors (Lipinski definition) is 6. The maximum atomic E-state index is 12.9. The Morgan fingerprint density at radius 1 is 0.933 bits per heavy atom. The molecule has 8 heteroatoms. The molecule has 3 aliphatic rings. The monoisotopic (exact) mass is 404 g/mol. The van der Waals surface area contributed by atoms with E-state index in [0.717, 1.165) is 6.42 Å². The zero-order chi connectivity index (χ0) is 21.0. The molecule has 2 bridgehead atoms. The minimum Gasteiger partial charge on any atom is -0.423 e. The number of hydrogen-bond donors (Lipinski definition) is 0. The lowest BCUT2D eigenvalue weighted by molar-refractivity contribution is -0.384. The van der Waals surface area contributed by atoms with Gasteiger partial charge in [0.1, 0.15) is 5.75 Å². The molecule has 0 radical (unpaired) electrons. The molecule has 4 atom stereocenters. The summed E-state index contributed by atoms with van der Waals surface area (Å²) in [7, 11) is 0. The molecule has 1 aliphatic heterocycles. The molecule has 0 aromatic heterocycles. The average Bonchev–Trinajstić information content (AvgIpc) is 3.42. The number of ether oxygens (including phenoxy) is 1. The summed E-state index contributed by atoms with van der Waals surface area (Å²) < 4.78 is 5.22. The van der Waals surface area contributed by atoms with Gasteiger partial charge in [-0.15, -0.1) is 0 Å². The Morgan fingerprint density at radius 2 is 1.50 bits per heavy atom. The van der Waals surface area contributed by atoms with Gasteiger partial charge in [-0.05, 0) is 54.7 Å². The van der Waals surface area contributed by atoms with Crippen LogP contribution in [0.4, 0.5) is 11.4 Å². The predicted octanol–water partition coefficient (Wildman–Crippen LogP) is 3.13. The second-order valence-electron chi connectivity index (χ2n) is 7.70. The standard InChI is InChI=1S/C22H16N2O6/c25-20-18-13-1-2-14(11-13)19(18)21(26)23(20)15-5-3-12(4-6-15)22(27)30-17-9-7-16(8-10-17)24(28)29/h1-10,13-14,18-19H,11H2/t13-,14+,18-,19+. The van der Waals surface area contributed by atoms with Crippen LogP contribution in [0, 0.1) is 33.8 Å². The van der Waals surface area contributed by atoms with E-state index < -0.39 is 10.9 Å². The summed E-state index contributed by atoms with van der Waals surface area (Å²) in [5.74, 6) is -1.11. The number of anilines is 1. The van der Waals surface area contributed by atoms with E-state index in [2.05, 4.69) is 0 Å². The smallest absolute Gasteiger partial charge is 0.343 e. The van der Waals surface area contributed by atoms with E-state index in [9.17, 15) is 24.5 Å². The highest BCUT2D eigenvalue weighted by Gasteiger charge is 2.59. The zero-order valence-electron chi connectivity index (χ0n) is 15.6. The van der Waals surface area contributed by atoms with Gasteiger partial charge >= 0.3 is 5.97 Å². The number of fused-ring (bicyclic) bond motifs is 5. The van der Waals surface area contributed by atoms with Gasteiger partial charge in [0.15, 0.2) is 0 Å². The quantitative estimate of drug-likeness (QED) is 0.194. The molecule has 2 aromatic carbocycles. The fourth-order valence-corrected chi connectivity index (χ4v) is 4.71. The van der Waals surface area contributed by atoms with Crippen LogP contribution >= 0.6 is 0 Å². The van der Waals surface area contributed by atoms with Crippen molar-refractivity contribution in [1.82, 2.24) is 0 Å². The molecule has 2 aliphatic carbocycles. The van der Waals surface area contributed by atoms with Gasteiger partial charge in [-0.25, -0.2) is 4.79 Å². The van der Waals surface area contributed by atoms with E-state index in [1.165, 1.54) is 41.3 Å². The van der Waals surface area contributed by atoms with Crippen molar-refractivity contribution in [1.29, 1.82) is 0 Å². The van der Waals surface area contributed by atoms with Crippen LogP contribution < -0.4 is 9.64 Å². The Balaban J connectivity index is 1.31. The molecule has 8 nitrogen and oxygen atoms in total. The molecule has 0 N–H and O–H groups in total. The first-order chi connectivity index (χ1) is 14.4. The number of imide groups is 1. The summed E-state index contributed by atoms with van der Waals surface area (Å²) in [6, 6.07) is 11.3. The van der Waals surface area contributed by atoms with Crippen LogP contribution in [0.3, 0.4) is 0 Å². The normalized spacial score (nSPS) is 26.2. The fraction of sp³-hybridized carbons (Fsp3) is 0.227. The lowest BCUT2D eigenvalue weighted by Gasteiger charge is -2.17. The van der Waals surface area contributed by atoms with E-state index in [1.807, 2.05) is 12.2 Å². The van der Waals surface area contributed by atoms with E-state index in [0.29, 0.717) is 5.69 Å². The van der Waals surface area contributed by atoms with Crippen LogP contribution in [-0.4, -0.2) is 22.7 Å². The average molecular weight is 404 g/mol. The summed E-state index contributed by atoms with van der Waals surface area (Å²) in [5.41, 5.74) is 0.566. The fourth-order valence-electron chi connectivity index (χ4n) is 4.71. The van der Waals surface area contributed by atoms with E-state index in [4.69, 9.17) is 4.74 Å². The predicted molar refractivity (Wildman–Crippen MR) is 105 cm³/mol. The van der Waals surface area contributed by atoms with Gasteiger partial charge in [0, 0.05) is 12.1 Å². The first kappa shape index (κ1) is 18.2. The summed E-state index contributed by atoms with van der Waals surface area (Å²) in [5, 5.41) is 10.7. The highest BCUT2D eigenvalue weighted by atomic mass is 16.6. The number of nitro benzene ring substituents is 1. The van der Waals surface area contributed by atoms with Crippen molar-refractivity contribution in [2.24, 2.45) is 23.7 Å². The van der Waals surface area contributed by atoms with Crippen LogP contribution in [0.5, 0.6) is 5.75 Å². The Kier molecular flexibility index (Phi) is 4.02. The molecule has 150 valence electrons. The summed E-state index contributed by atoms with van der Waals surface area (Å²) in [6.07, 6.45) is 4.95. The SMILES string of the molecule is O=C(Oc1ccc([N+](=O)[O-])cc1)c1ccc(N2C(=O)[C@@H]3[C@H](C2=O)[C@@H]2C=C[C@H]3C2)cc1. The molecule has 2 amide bonds. The van der Waals surface area contributed by atoms with Crippen molar-refractivity contribution in [3.05, 3.63) is 76.4 Å². The molecule has 0 unspecified atom stereocenters. The second kappa shape index (κ2) is 6.62. The first-order valence-corrected chi connectivity index (χ1v) is 9.57. The number of allylic oxidation sites excluding steroid dienone is 2. The number of esters is 1. The number of amides is 2. The highest BCUT2D eigenvalue weighted by Crippen LogP contribution is 2.53. The van der Waals surface area contributed by atoms with Crippen LogP contribution in [0.15, 0.2) is 60.7 Å². The van der Waals surface area contributed by atoms with E-state index >= 15 is 0 Å². The topological polar surface area (TPSA) is 107 Å². The molecular weight excluding hydrogens is 388 g/mol. The minimum absolute atomic E-state index is 0.104. The van der Waals surface area contributed by atoms with Gasteiger partial charge in [-0.3, -0.25) is 24.6 Å². The number of nitro groups is 1. The number of carbonyl (C=O) groups is 3. The third-order valence-electron chi connectivity index (χ3n) is 6.09. The number of non-ortho nitro benzene ring substituents is 1. The molecule has 1 saturated carbocycles. The van der Waals surface area contributed by atoms with Gasteiger partial charge in [-0.1, -0.05) is 12.2 Å². The lowest BCUT2D eigenvalue weighted by Crippen LogP contribution is -2.32. The number of nitrogens with zero attached hydrogens (tertiary/aromatic N) is 2. The summed E-state index contributed by atoms with van der Waals surface area (Å²) in [4.78, 5) is 49.4. The van der Waals surface area contributed by atoms with Gasteiger partial charge in [-0.2, -0.15) is 0 Å². The van der Waals surface area contributed by atoms with Crippen molar-refractivity contribution in [3.8, 4) is 5.75 Å². The molecule has 30 heavy (non-hydrogen) atoms. The first-order valence-electron chi connectivity index (χ1n) is 9.57. The van der Waals surface area contributed by atoms with Crippen molar-refractivity contribution < 1.29 is 24.0 Å². The van der Waals surface area contributed by atoms with Gasteiger partial charge in [0.25, 0.3) is 5.69 Å². The van der Waals surface area contributed by atoms with Crippen molar-refractivity contribution in [2.45, 2.75) is 6.42 Å². The van der Waals surface area contributed by atoms with Crippen molar-refractivity contribution in [2.75, 3.05) is 4.90 Å². The number of rotatable bonds is 4. The Hall–Kier alpha value is -3.81. The molecular formula is C22H16N2O6. The van der Waals surface area contributed by atoms with Crippen molar-refractivity contribution >= 4 is 29.2 Å². The van der Waals surface area contributed by atoms with Crippen LogP contribution in [0.25, 0.3) is 0 Å². The summed E-state index contributed by atoms with van der Waals surface area (Å²) in [6.45, 7) is 0. The Morgan fingerprint density at radius 3 is 2.03 bits per heavy atom. The van der Waals surface area contributed by atoms with Crippen LogP contribution in [0.1, 0.15) is 16.8 Å². The lowest BCUT2D eigenvalue weighted by atomic mass is 9.85. The zero-order valence-corrected chi connectivity index (χ0v) is 15.6. The van der Waals surface area contributed by atoms with E-state index in [1.54, 1.807) is 12.1 Å². The van der Waals surface area contributed by atoms with Crippen molar-refractivity contribution in [3.63, 3.8) is 0 Å². The molecule has 1 saturated heterocycles. The minimum atomic E-state index is -0.645. The van der Waals surface area contributed by atoms with Gasteiger partial charge in [0.05, 0.1) is 28.0 Å². The van der Waals surface area contributed by atoms with Crippen LogP contribution in [-0.2, 0) is 9.59 Å². The van der Waals surface area contributed by atoms with Crippen LogP contribution in [0.2, 0.25) is 0 Å². The maximum absolute atomic E-state index is 12.9. The van der Waals surface area contributed by atoms with E-state index in [-0.39, 0.29) is 52.5 Å². The number of benzene rings is 2. The second-order valence-corrected chi connectivity index (χ2v) is 7.70. The molecule has 5 rings (SSSR count). The number of carbonyl (C=O) groups excluding carboxylic acids is 3. The molecule has 0 spiro atoms. The largest absolute Gasteiger partial charge is 0.423 e. The maximum Gasteiger partial charge on any atom is 0.343 e. The van der Waals surface area contributed by atoms with Gasteiger partial charge in [0.2, 0.25) is 11.8 Å². The third-order valence-corrected chi connectivity index (χ3v) is 6.09. The highest BCUT2D eigenvalue weighted by molar-refractivity contribution is 6.22. The molecule has 2 fully saturated rings. The summed E-state index contributed by atoms with van der Waals surface area (Å²) >= 11 is 0.